The molecular weight excluding hydrogens is 427 g/mol. The number of thiophene rings is 1. The second-order valence-electron chi connectivity index (χ2n) is 6.66. The standard InChI is InChI=1S/C20H11F5N2S2/c21-29(22,23,24,25)20-14-7-3-1-5-12(14)9-15-18(26-11-27-19(15)20)17-10-13-6-2-4-8-16(13)28-17/h1-11H. The van der Waals surface area contributed by atoms with Crippen LogP contribution in [0.1, 0.15) is 0 Å². The number of hydrogen-bond acceptors (Lipinski definition) is 3. The third-order valence-electron chi connectivity index (χ3n) is 4.65. The first kappa shape index (κ1) is 18.3. The normalized spacial score (nSPS) is 14.9. The highest BCUT2D eigenvalue weighted by Crippen LogP contribution is 3.03. The molecule has 0 spiro atoms. The topological polar surface area (TPSA) is 25.8 Å². The van der Waals surface area contributed by atoms with Gasteiger partial charge in [0.25, 0.3) is 0 Å². The molecule has 2 heterocycles. The van der Waals surface area contributed by atoms with Crippen molar-refractivity contribution in [3.05, 3.63) is 67.0 Å². The Bertz CT molecular complexity index is 1410. The van der Waals surface area contributed by atoms with Crippen molar-refractivity contribution >= 4 is 53.3 Å². The van der Waals surface area contributed by atoms with Crippen LogP contribution in [0.3, 0.4) is 0 Å². The quantitative estimate of drug-likeness (QED) is 0.205. The molecule has 148 valence electrons. The van der Waals surface area contributed by atoms with Gasteiger partial charge in [0, 0.05) is 15.5 Å². The summed E-state index contributed by atoms with van der Waals surface area (Å²) in [5.74, 6) is 0. The molecule has 0 aliphatic rings. The number of hydrogen-bond donors (Lipinski definition) is 0. The number of aromatic nitrogens is 2. The minimum atomic E-state index is -10.0. The molecule has 0 fully saturated rings. The zero-order valence-electron chi connectivity index (χ0n) is 14.5. The summed E-state index contributed by atoms with van der Waals surface area (Å²) in [5.41, 5.74) is -0.588. The summed E-state index contributed by atoms with van der Waals surface area (Å²) in [7, 11) is -10.0. The maximum atomic E-state index is 14.1. The second-order valence-corrected chi connectivity index (χ2v) is 10.1. The molecule has 2 nitrogen and oxygen atoms in total. The summed E-state index contributed by atoms with van der Waals surface area (Å²) < 4.78 is 71.2. The van der Waals surface area contributed by atoms with Gasteiger partial charge in [0.05, 0.1) is 16.1 Å². The lowest BCUT2D eigenvalue weighted by Gasteiger charge is -2.41. The van der Waals surface area contributed by atoms with Gasteiger partial charge in [-0.25, -0.2) is 9.97 Å². The number of fused-ring (bicyclic) bond motifs is 3. The molecule has 0 aliphatic carbocycles. The van der Waals surface area contributed by atoms with Crippen molar-refractivity contribution in [1.82, 2.24) is 9.97 Å². The SMILES string of the molecule is FS(F)(F)(F)(F)c1c2ccccc2cc2c(-c3cc4ccccc4s3)ncnc12. The van der Waals surface area contributed by atoms with Crippen LogP contribution in [0.4, 0.5) is 19.4 Å². The highest BCUT2D eigenvalue weighted by Gasteiger charge is 2.67. The van der Waals surface area contributed by atoms with E-state index in [2.05, 4.69) is 9.97 Å². The summed E-state index contributed by atoms with van der Waals surface area (Å²) in [6, 6.07) is 15.9. The zero-order chi connectivity index (χ0) is 20.5. The third-order valence-corrected chi connectivity index (χ3v) is 6.96. The molecule has 2 aromatic heterocycles. The van der Waals surface area contributed by atoms with Crippen LogP contribution < -0.4 is 0 Å². The monoisotopic (exact) mass is 438 g/mol. The van der Waals surface area contributed by atoms with Crippen LogP contribution >= 0.6 is 21.6 Å². The highest BCUT2D eigenvalue weighted by atomic mass is 32.5. The van der Waals surface area contributed by atoms with Crippen molar-refractivity contribution in [2.75, 3.05) is 0 Å². The molecule has 0 bridgehead atoms. The number of nitrogens with zero attached hydrogens (tertiary/aromatic N) is 2. The van der Waals surface area contributed by atoms with Gasteiger partial charge in [-0.2, -0.15) is 0 Å². The van der Waals surface area contributed by atoms with E-state index in [0.29, 0.717) is 4.88 Å². The predicted molar refractivity (Wildman–Crippen MR) is 109 cm³/mol. The van der Waals surface area contributed by atoms with Gasteiger partial charge in [-0.05, 0) is 29.0 Å². The molecule has 0 aliphatic heterocycles. The maximum absolute atomic E-state index is 14.1. The molecule has 29 heavy (non-hydrogen) atoms. The van der Waals surface area contributed by atoms with Crippen molar-refractivity contribution in [3.8, 4) is 10.6 Å². The zero-order valence-corrected chi connectivity index (χ0v) is 16.1. The van der Waals surface area contributed by atoms with Gasteiger partial charge >= 0.3 is 10.2 Å². The molecule has 5 rings (SSSR count). The van der Waals surface area contributed by atoms with E-state index in [1.54, 1.807) is 6.07 Å². The Morgan fingerprint density at radius 3 is 2.14 bits per heavy atom. The molecule has 9 heteroatoms. The largest absolute Gasteiger partial charge is 0.313 e. The van der Waals surface area contributed by atoms with Gasteiger partial charge in [0.1, 0.15) is 11.2 Å². The van der Waals surface area contributed by atoms with E-state index >= 15 is 0 Å². The van der Waals surface area contributed by atoms with Crippen LogP contribution in [0.5, 0.6) is 0 Å². The fraction of sp³-hybridized carbons (Fsp3) is 0. The van der Waals surface area contributed by atoms with Gasteiger partial charge in [0.15, 0.2) is 0 Å². The predicted octanol–water partition coefficient (Wildman–Crippen LogP) is 8.32. The molecular formula is C20H11F5N2S2. The van der Waals surface area contributed by atoms with Gasteiger partial charge < -0.3 is 0 Å². The van der Waals surface area contributed by atoms with E-state index < -0.39 is 26.0 Å². The van der Waals surface area contributed by atoms with E-state index in [1.807, 2.05) is 24.3 Å². The van der Waals surface area contributed by atoms with Crippen LogP contribution in [-0.2, 0) is 0 Å². The fourth-order valence-electron chi connectivity index (χ4n) is 3.51. The van der Waals surface area contributed by atoms with E-state index in [9.17, 15) is 19.4 Å². The Morgan fingerprint density at radius 2 is 1.41 bits per heavy atom. The van der Waals surface area contributed by atoms with E-state index in [-0.39, 0.29) is 16.5 Å². The van der Waals surface area contributed by atoms with Gasteiger partial charge in [-0.15, -0.1) is 11.3 Å². The van der Waals surface area contributed by atoms with Crippen molar-refractivity contribution < 1.29 is 19.4 Å². The Kier molecular flexibility index (Phi) is 3.29. The summed E-state index contributed by atoms with van der Waals surface area (Å²) in [6.07, 6.45) is 0.907. The average molecular weight is 438 g/mol. The lowest BCUT2D eigenvalue weighted by atomic mass is 10.0. The highest BCUT2D eigenvalue weighted by molar-refractivity contribution is 8.46. The first-order valence-electron chi connectivity index (χ1n) is 8.41. The first-order valence-corrected chi connectivity index (χ1v) is 11.2. The average Bonchev–Trinajstić information content (AvgIpc) is 3.07. The first-order chi connectivity index (χ1) is 13.5. The fourth-order valence-corrected chi connectivity index (χ4v) is 5.71. The van der Waals surface area contributed by atoms with Crippen molar-refractivity contribution in [2.24, 2.45) is 0 Å². The smallest absolute Gasteiger partial charge is 0.235 e. The number of rotatable bonds is 2. The molecule has 0 radical (unpaired) electrons. The summed E-state index contributed by atoms with van der Waals surface area (Å²) in [6.45, 7) is 0. The molecule has 0 amide bonds. The minimum absolute atomic E-state index is 0.0546. The third kappa shape index (κ3) is 3.01. The van der Waals surface area contributed by atoms with Gasteiger partial charge in [0.2, 0.25) is 0 Å². The van der Waals surface area contributed by atoms with E-state index in [4.69, 9.17) is 0 Å². The summed E-state index contributed by atoms with van der Waals surface area (Å²) in [5, 5.41) is 0.328. The molecule has 0 N–H and O–H groups in total. The Labute approximate surface area is 165 Å². The molecule has 0 saturated carbocycles. The van der Waals surface area contributed by atoms with Crippen LogP contribution in [0.2, 0.25) is 0 Å². The molecule has 0 unspecified atom stereocenters. The second kappa shape index (κ2) is 5.22. The molecule has 3 aromatic carbocycles. The van der Waals surface area contributed by atoms with Gasteiger partial charge in [-0.3, -0.25) is 0 Å². The molecule has 0 atom stereocenters. The minimum Gasteiger partial charge on any atom is -0.235 e. The Balaban J connectivity index is 1.96. The summed E-state index contributed by atoms with van der Waals surface area (Å²) in [4.78, 5) is 6.43. The number of halogens is 5. The molecule has 0 saturated heterocycles. The van der Waals surface area contributed by atoms with Crippen molar-refractivity contribution in [1.29, 1.82) is 0 Å². The number of benzene rings is 3. The van der Waals surface area contributed by atoms with Crippen LogP contribution in [0, 0.1) is 0 Å². The Hall–Kier alpha value is -2.78. The van der Waals surface area contributed by atoms with Crippen LogP contribution in [0.25, 0.3) is 42.3 Å². The van der Waals surface area contributed by atoms with E-state index in [1.165, 1.54) is 35.6 Å². The van der Waals surface area contributed by atoms with Crippen molar-refractivity contribution in [3.63, 3.8) is 0 Å². The maximum Gasteiger partial charge on any atom is 0.313 e. The van der Waals surface area contributed by atoms with E-state index in [0.717, 1.165) is 22.5 Å². The lowest BCUT2D eigenvalue weighted by molar-refractivity contribution is 0.367. The van der Waals surface area contributed by atoms with Crippen LogP contribution in [-0.4, -0.2) is 9.97 Å². The molecule has 5 aromatic rings. The lowest BCUT2D eigenvalue weighted by Crippen LogP contribution is -2.09. The van der Waals surface area contributed by atoms with Gasteiger partial charge in [-0.1, -0.05) is 61.9 Å². The van der Waals surface area contributed by atoms with Crippen molar-refractivity contribution in [2.45, 2.75) is 4.90 Å². The van der Waals surface area contributed by atoms with Crippen LogP contribution in [0.15, 0.2) is 71.9 Å². The Morgan fingerprint density at radius 1 is 0.724 bits per heavy atom. The summed E-state index contributed by atoms with van der Waals surface area (Å²) >= 11 is 1.33.